The van der Waals surface area contributed by atoms with Gasteiger partial charge in [-0.3, -0.25) is 0 Å². The summed E-state index contributed by atoms with van der Waals surface area (Å²) < 4.78 is 5.02. The number of methoxy groups -OCH3 is 1. The monoisotopic (exact) mass is 151 g/mol. The van der Waals surface area contributed by atoms with Gasteiger partial charge in [0.25, 0.3) is 0 Å². The third kappa shape index (κ3) is 1.61. The number of benzene rings is 1. The van der Waals surface area contributed by atoms with Crippen LogP contribution in [0.15, 0.2) is 24.3 Å². The number of ether oxygens (including phenoxy) is 1. The molecule has 1 radical (unpaired) electrons. The van der Waals surface area contributed by atoms with Crippen LogP contribution in [-0.4, -0.2) is 17.4 Å². The molecule has 1 aromatic carbocycles. The molecule has 0 heterocycles. The van der Waals surface area contributed by atoms with Gasteiger partial charge in [-0.25, -0.2) is 0 Å². The zero-order valence-corrected chi connectivity index (χ0v) is 7.55. The molecule has 10 heavy (non-hydrogen) atoms. The highest BCUT2D eigenvalue weighted by Gasteiger charge is 1.89. The first-order valence-electron chi connectivity index (χ1n) is 3.29. The summed E-state index contributed by atoms with van der Waals surface area (Å²) in [5.41, 5.74) is 1.36. The Morgan fingerprint density at radius 1 is 1.30 bits per heavy atom. The maximum atomic E-state index is 5.02. The Bertz CT molecular complexity index is 170. The Morgan fingerprint density at radius 2 is 1.90 bits per heavy atom. The lowest BCUT2D eigenvalue weighted by Gasteiger charge is -1.99. The van der Waals surface area contributed by atoms with Crippen LogP contribution in [0.5, 0.6) is 5.75 Å². The minimum Gasteiger partial charge on any atom is -0.497 e. The van der Waals surface area contributed by atoms with E-state index in [0.717, 1.165) is 11.8 Å². The topological polar surface area (TPSA) is 9.23 Å². The second-order valence-corrected chi connectivity index (χ2v) is 2.60. The average molecular weight is 151 g/mol. The van der Waals surface area contributed by atoms with E-state index in [0.29, 0.717) is 0 Å². The van der Waals surface area contributed by atoms with E-state index in [-0.39, 0.29) is 0 Å². The molecule has 0 aromatic heterocycles. The molecule has 0 aliphatic carbocycles. The fourth-order valence-electron chi connectivity index (χ4n) is 0.792. The molecular formula is C8H11OSi. The molecule has 0 saturated carbocycles. The Balaban J connectivity index is 2.80. The van der Waals surface area contributed by atoms with Gasteiger partial charge in [-0.05, 0) is 18.2 Å². The summed E-state index contributed by atoms with van der Waals surface area (Å²) in [4.78, 5) is 0. The standard InChI is InChI=1S/C8H11OSi/c1-9-8-4-2-7(6-10)3-5-8/h2-5H,6,10H2,1H3. The van der Waals surface area contributed by atoms with Crippen molar-refractivity contribution in [1.29, 1.82) is 0 Å². The van der Waals surface area contributed by atoms with E-state index < -0.39 is 0 Å². The van der Waals surface area contributed by atoms with E-state index in [2.05, 4.69) is 12.1 Å². The summed E-state index contributed by atoms with van der Waals surface area (Å²) in [6, 6.07) is 9.27. The zero-order chi connectivity index (χ0) is 7.40. The van der Waals surface area contributed by atoms with Crippen LogP contribution in [0.1, 0.15) is 5.56 Å². The fraction of sp³-hybridized carbons (Fsp3) is 0.250. The number of rotatable bonds is 2. The van der Waals surface area contributed by atoms with Crippen LogP contribution >= 0.6 is 0 Å². The van der Waals surface area contributed by atoms with Crippen LogP contribution in [0, 0.1) is 0 Å². The highest BCUT2D eigenvalue weighted by atomic mass is 28.1. The Morgan fingerprint density at radius 3 is 2.30 bits per heavy atom. The lowest BCUT2D eigenvalue weighted by atomic mass is 10.2. The molecule has 0 aliphatic heterocycles. The Hall–Kier alpha value is -0.763. The van der Waals surface area contributed by atoms with Crippen molar-refractivity contribution in [3.63, 3.8) is 0 Å². The first kappa shape index (κ1) is 7.35. The van der Waals surface area contributed by atoms with Crippen LogP contribution in [-0.2, 0) is 6.04 Å². The maximum Gasteiger partial charge on any atom is 0.118 e. The number of hydrogen-bond donors (Lipinski definition) is 0. The van der Waals surface area contributed by atoms with E-state index >= 15 is 0 Å². The van der Waals surface area contributed by atoms with Gasteiger partial charge in [0.1, 0.15) is 5.75 Å². The van der Waals surface area contributed by atoms with Crippen molar-refractivity contribution < 1.29 is 4.74 Å². The molecular weight excluding hydrogens is 140 g/mol. The largest absolute Gasteiger partial charge is 0.497 e. The highest BCUT2D eigenvalue weighted by Crippen LogP contribution is 2.10. The van der Waals surface area contributed by atoms with Crippen molar-refractivity contribution in [3.8, 4) is 5.75 Å². The van der Waals surface area contributed by atoms with E-state index in [1.54, 1.807) is 7.11 Å². The first-order valence-corrected chi connectivity index (χ1v) is 4.29. The second kappa shape index (κ2) is 3.42. The molecule has 1 nitrogen and oxygen atoms in total. The van der Waals surface area contributed by atoms with Crippen LogP contribution in [0.4, 0.5) is 0 Å². The molecule has 2 heteroatoms. The third-order valence-corrected chi connectivity index (χ3v) is 2.03. The summed E-state index contributed by atoms with van der Waals surface area (Å²) in [5.74, 6) is 0.931. The van der Waals surface area contributed by atoms with Crippen LogP contribution in [0.25, 0.3) is 0 Å². The molecule has 0 N–H and O–H groups in total. The van der Waals surface area contributed by atoms with Gasteiger partial charge in [-0.2, -0.15) is 0 Å². The normalized spacial score (nSPS) is 9.40. The quantitative estimate of drug-likeness (QED) is 0.569. The summed E-state index contributed by atoms with van der Waals surface area (Å²) in [5, 5.41) is 0. The highest BCUT2D eigenvalue weighted by molar-refractivity contribution is 6.08. The molecule has 0 bridgehead atoms. The minimum atomic E-state index is 0.931. The van der Waals surface area contributed by atoms with Crippen LogP contribution < -0.4 is 4.74 Å². The third-order valence-electron chi connectivity index (χ3n) is 1.45. The van der Waals surface area contributed by atoms with Gasteiger partial charge in [0.2, 0.25) is 0 Å². The lowest BCUT2D eigenvalue weighted by Crippen LogP contribution is -1.85. The van der Waals surface area contributed by atoms with Crippen molar-refractivity contribution in [2.45, 2.75) is 6.04 Å². The predicted octanol–water partition coefficient (Wildman–Crippen LogP) is 0.828. The van der Waals surface area contributed by atoms with E-state index in [4.69, 9.17) is 4.74 Å². The maximum absolute atomic E-state index is 5.02. The molecule has 0 fully saturated rings. The minimum absolute atomic E-state index is 0.931. The molecule has 0 spiro atoms. The van der Waals surface area contributed by atoms with E-state index in [9.17, 15) is 0 Å². The zero-order valence-electron chi connectivity index (χ0n) is 6.13. The van der Waals surface area contributed by atoms with Gasteiger partial charge in [0.15, 0.2) is 0 Å². The van der Waals surface area contributed by atoms with Gasteiger partial charge in [0, 0.05) is 10.2 Å². The number of hydrogen-bond acceptors (Lipinski definition) is 1. The van der Waals surface area contributed by atoms with Crippen LogP contribution in [0.2, 0.25) is 0 Å². The van der Waals surface area contributed by atoms with E-state index in [1.807, 2.05) is 22.4 Å². The molecule has 0 unspecified atom stereocenters. The van der Waals surface area contributed by atoms with Gasteiger partial charge < -0.3 is 4.74 Å². The molecule has 0 amide bonds. The fourth-order valence-corrected chi connectivity index (χ4v) is 1.13. The van der Waals surface area contributed by atoms with Gasteiger partial charge in [0.05, 0.1) is 7.11 Å². The first-order chi connectivity index (χ1) is 4.86. The summed E-state index contributed by atoms with van der Waals surface area (Å²) in [7, 11) is 3.64. The average Bonchev–Trinajstić information content (AvgIpc) is 2.05. The Labute approximate surface area is 64.4 Å². The van der Waals surface area contributed by atoms with Gasteiger partial charge in [-0.15, -0.1) is 0 Å². The van der Waals surface area contributed by atoms with Crippen molar-refractivity contribution in [3.05, 3.63) is 29.8 Å². The van der Waals surface area contributed by atoms with Gasteiger partial charge in [-0.1, -0.05) is 17.7 Å². The molecule has 0 aliphatic rings. The lowest BCUT2D eigenvalue weighted by molar-refractivity contribution is 0.414. The van der Waals surface area contributed by atoms with Crippen molar-refractivity contribution in [2.24, 2.45) is 0 Å². The SMILES string of the molecule is COc1ccc(C[SiH2])cc1. The van der Waals surface area contributed by atoms with Crippen molar-refractivity contribution >= 4 is 10.2 Å². The van der Waals surface area contributed by atoms with Crippen molar-refractivity contribution in [1.82, 2.24) is 0 Å². The molecule has 1 rings (SSSR count). The van der Waals surface area contributed by atoms with E-state index in [1.165, 1.54) is 5.56 Å². The smallest absolute Gasteiger partial charge is 0.118 e. The Kier molecular flexibility index (Phi) is 2.51. The molecule has 53 valence electrons. The second-order valence-electron chi connectivity index (χ2n) is 2.10. The summed E-state index contributed by atoms with van der Waals surface area (Å²) in [6.45, 7) is 0. The summed E-state index contributed by atoms with van der Waals surface area (Å²) in [6.07, 6.45) is 0. The van der Waals surface area contributed by atoms with Crippen molar-refractivity contribution in [2.75, 3.05) is 7.11 Å². The van der Waals surface area contributed by atoms with Gasteiger partial charge >= 0.3 is 0 Å². The molecule has 0 saturated heterocycles. The molecule has 1 aromatic rings. The van der Waals surface area contributed by atoms with Crippen LogP contribution in [0.3, 0.4) is 0 Å². The summed E-state index contributed by atoms with van der Waals surface area (Å²) >= 11 is 0. The molecule has 0 atom stereocenters. The predicted molar refractivity (Wildman–Crippen MR) is 45.2 cm³/mol.